The summed E-state index contributed by atoms with van der Waals surface area (Å²) in [6.45, 7) is 4.59. The molecule has 2 fully saturated rings. The minimum absolute atomic E-state index is 0.297. The fourth-order valence-electron chi connectivity index (χ4n) is 3.47. The maximum Gasteiger partial charge on any atom is 0.0558 e. The van der Waals surface area contributed by atoms with Gasteiger partial charge in [0.05, 0.1) is 6.61 Å². The molecule has 3 rings (SSSR count). The van der Waals surface area contributed by atoms with Gasteiger partial charge in [0.15, 0.2) is 0 Å². The summed E-state index contributed by atoms with van der Waals surface area (Å²) in [7, 11) is 0. The number of piperidine rings is 1. The molecule has 2 aliphatic rings. The molecule has 0 spiro atoms. The number of likely N-dealkylation sites (tertiary alicyclic amines) is 1. The maximum atomic E-state index is 9.29. The smallest absolute Gasteiger partial charge is 0.0558 e. The molecule has 0 bridgehead atoms. The van der Waals surface area contributed by atoms with Crippen molar-refractivity contribution in [2.24, 2.45) is 0 Å². The van der Waals surface area contributed by atoms with Gasteiger partial charge in [-0.15, -0.1) is 0 Å². The normalized spacial score (nSPS) is 24.2. The molecule has 3 nitrogen and oxygen atoms in total. The topological polar surface area (TPSA) is 26.7 Å². The maximum absolute atomic E-state index is 9.29. The molecule has 1 heterocycles. The number of rotatable bonds is 6. The van der Waals surface area contributed by atoms with Crippen LogP contribution >= 0.6 is 0 Å². The van der Waals surface area contributed by atoms with Crippen LogP contribution in [0.4, 0.5) is 0 Å². The van der Waals surface area contributed by atoms with Crippen LogP contribution in [0, 0.1) is 0 Å². The minimum atomic E-state index is 0.297. The first-order valence-corrected chi connectivity index (χ1v) is 7.99. The Labute approximate surface area is 122 Å². The predicted molar refractivity (Wildman–Crippen MR) is 81.6 cm³/mol. The van der Waals surface area contributed by atoms with Gasteiger partial charge >= 0.3 is 0 Å². The van der Waals surface area contributed by atoms with Gasteiger partial charge in [-0.25, -0.2) is 0 Å². The van der Waals surface area contributed by atoms with Crippen molar-refractivity contribution in [3.8, 4) is 0 Å². The highest BCUT2D eigenvalue weighted by Gasteiger charge is 2.35. The second-order valence-corrected chi connectivity index (χ2v) is 6.21. The molecule has 0 aromatic heterocycles. The molecule has 1 saturated carbocycles. The van der Waals surface area contributed by atoms with Crippen LogP contribution in [0.2, 0.25) is 0 Å². The summed E-state index contributed by atoms with van der Waals surface area (Å²) in [6.07, 6.45) is 5.23. The van der Waals surface area contributed by atoms with Crippen molar-refractivity contribution in [1.82, 2.24) is 9.80 Å². The van der Waals surface area contributed by atoms with Crippen LogP contribution in [-0.4, -0.2) is 53.2 Å². The van der Waals surface area contributed by atoms with E-state index in [0.29, 0.717) is 12.6 Å². The molecule has 20 heavy (non-hydrogen) atoms. The van der Waals surface area contributed by atoms with E-state index < -0.39 is 0 Å². The van der Waals surface area contributed by atoms with E-state index in [1.54, 1.807) is 0 Å². The van der Waals surface area contributed by atoms with Crippen molar-refractivity contribution >= 4 is 0 Å². The third-order valence-corrected chi connectivity index (χ3v) is 4.57. The largest absolute Gasteiger partial charge is 0.395 e. The molecule has 0 amide bonds. The van der Waals surface area contributed by atoms with Crippen LogP contribution in [0.25, 0.3) is 0 Å². The van der Waals surface area contributed by atoms with Crippen LogP contribution < -0.4 is 0 Å². The van der Waals surface area contributed by atoms with Crippen molar-refractivity contribution in [2.75, 3.05) is 26.2 Å². The predicted octanol–water partition coefficient (Wildman–Crippen LogP) is 2.11. The molecule has 1 aliphatic heterocycles. The summed E-state index contributed by atoms with van der Waals surface area (Å²) in [4.78, 5) is 5.15. The molecule has 1 atom stereocenters. The zero-order chi connectivity index (χ0) is 13.8. The van der Waals surface area contributed by atoms with Crippen LogP contribution in [0.15, 0.2) is 30.3 Å². The summed E-state index contributed by atoms with van der Waals surface area (Å²) >= 11 is 0. The highest BCUT2D eigenvalue weighted by atomic mass is 16.3. The molecular weight excluding hydrogens is 248 g/mol. The number of nitrogens with zero attached hydrogens (tertiary/aromatic N) is 2. The van der Waals surface area contributed by atoms with Gasteiger partial charge in [0.25, 0.3) is 0 Å². The van der Waals surface area contributed by atoms with Gasteiger partial charge in [-0.05, 0) is 37.8 Å². The quantitative estimate of drug-likeness (QED) is 0.860. The Bertz CT molecular complexity index is 405. The summed E-state index contributed by atoms with van der Waals surface area (Å²) in [5, 5.41) is 9.29. The zero-order valence-corrected chi connectivity index (χ0v) is 12.2. The molecule has 1 aromatic rings. The lowest BCUT2D eigenvalue weighted by Gasteiger charge is -2.39. The second kappa shape index (κ2) is 6.70. The summed E-state index contributed by atoms with van der Waals surface area (Å²) in [5.41, 5.74) is 1.41. The van der Waals surface area contributed by atoms with E-state index in [1.165, 1.54) is 37.8 Å². The number of aliphatic hydroxyl groups is 1. The number of hydrogen-bond donors (Lipinski definition) is 1. The van der Waals surface area contributed by atoms with Crippen LogP contribution in [0.5, 0.6) is 0 Å². The molecule has 3 heteroatoms. The van der Waals surface area contributed by atoms with Gasteiger partial charge in [-0.2, -0.15) is 0 Å². The lowest BCUT2D eigenvalue weighted by molar-refractivity contribution is 0.0728. The number of aliphatic hydroxyl groups excluding tert-OH is 1. The Hall–Kier alpha value is -0.900. The molecule has 0 radical (unpaired) electrons. The summed E-state index contributed by atoms with van der Waals surface area (Å²) < 4.78 is 0. The van der Waals surface area contributed by atoms with Crippen molar-refractivity contribution < 1.29 is 5.11 Å². The van der Waals surface area contributed by atoms with Gasteiger partial charge in [0, 0.05) is 31.7 Å². The molecule has 110 valence electrons. The highest BCUT2D eigenvalue weighted by molar-refractivity contribution is 5.14. The fraction of sp³-hybridized carbons (Fsp3) is 0.647. The third-order valence-electron chi connectivity index (χ3n) is 4.57. The Morgan fingerprint density at radius 2 is 1.90 bits per heavy atom. The van der Waals surface area contributed by atoms with Gasteiger partial charge in [-0.3, -0.25) is 9.80 Å². The van der Waals surface area contributed by atoms with Gasteiger partial charge in [0.1, 0.15) is 0 Å². The van der Waals surface area contributed by atoms with E-state index in [9.17, 15) is 5.11 Å². The van der Waals surface area contributed by atoms with E-state index in [2.05, 4.69) is 40.1 Å². The molecule has 1 saturated heterocycles. The first-order chi connectivity index (χ1) is 9.86. The lowest BCUT2D eigenvalue weighted by atomic mass is 10.0. The monoisotopic (exact) mass is 274 g/mol. The first kappa shape index (κ1) is 14.1. The molecule has 1 N–H and O–H groups in total. The molecule has 1 aromatic carbocycles. The zero-order valence-electron chi connectivity index (χ0n) is 12.2. The van der Waals surface area contributed by atoms with E-state index >= 15 is 0 Å². The molecule has 0 unspecified atom stereocenters. The number of hydrogen-bond acceptors (Lipinski definition) is 3. The fourth-order valence-corrected chi connectivity index (χ4v) is 3.47. The Morgan fingerprint density at radius 3 is 2.60 bits per heavy atom. The van der Waals surface area contributed by atoms with Gasteiger partial charge in [-0.1, -0.05) is 30.3 Å². The number of benzene rings is 1. The average Bonchev–Trinajstić information content (AvgIpc) is 3.31. The summed E-state index contributed by atoms with van der Waals surface area (Å²) in [6, 6.07) is 12.2. The van der Waals surface area contributed by atoms with Crippen LogP contribution in [-0.2, 0) is 6.54 Å². The van der Waals surface area contributed by atoms with Crippen LogP contribution in [0.3, 0.4) is 0 Å². The van der Waals surface area contributed by atoms with E-state index in [-0.39, 0.29) is 0 Å². The minimum Gasteiger partial charge on any atom is -0.395 e. The summed E-state index contributed by atoms with van der Waals surface area (Å²) in [5.74, 6) is 0. The van der Waals surface area contributed by atoms with Gasteiger partial charge < -0.3 is 5.11 Å². The molecule has 1 aliphatic carbocycles. The highest BCUT2D eigenvalue weighted by Crippen LogP contribution is 2.31. The van der Waals surface area contributed by atoms with Crippen molar-refractivity contribution in [3.63, 3.8) is 0 Å². The lowest BCUT2D eigenvalue weighted by Crippen LogP contribution is -2.49. The molecular formula is C17H26N2O. The average molecular weight is 274 g/mol. The van der Waals surface area contributed by atoms with E-state index in [4.69, 9.17) is 0 Å². The van der Waals surface area contributed by atoms with Crippen molar-refractivity contribution in [3.05, 3.63) is 35.9 Å². The Kier molecular flexibility index (Phi) is 4.71. The van der Waals surface area contributed by atoms with Crippen LogP contribution in [0.1, 0.15) is 31.2 Å². The Balaban J connectivity index is 1.58. The third kappa shape index (κ3) is 3.60. The van der Waals surface area contributed by atoms with Crippen molar-refractivity contribution in [1.29, 1.82) is 0 Å². The van der Waals surface area contributed by atoms with Gasteiger partial charge in [0.2, 0.25) is 0 Å². The van der Waals surface area contributed by atoms with E-state index in [1.807, 2.05) is 0 Å². The second-order valence-electron chi connectivity index (χ2n) is 6.21. The standard InChI is InChI=1S/C17H26N2O/c20-12-11-19(16-8-9-16)17-7-4-10-18(14-17)13-15-5-2-1-3-6-15/h1-3,5-6,16-17,20H,4,7-14H2/t17-/m1/s1. The van der Waals surface area contributed by atoms with E-state index in [0.717, 1.165) is 25.7 Å². The SMILES string of the molecule is OCCN(C1CC1)[C@@H]1CCCN(Cc2ccccc2)C1. The van der Waals surface area contributed by atoms with Crippen molar-refractivity contribution in [2.45, 2.75) is 44.3 Å². The Morgan fingerprint density at radius 1 is 1.10 bits per heavy atom. The first-order valence-electron chi connectivity index (χ1n) is 7.99.